The summed E-state index contributed by atoms with van der Waals surface area (Å²) in [4.78, 5) is 12.1. The van der Waals surface area contributed by atoms with Gasteiger partial charge in [0.2, 0.25) is 0 Å². The number of carbonyl (C=O) groups excluding carboxylic acids is 1. The van der Waals surface area contributed by atoms with Gasteiger partial charge in [-0.15, -0.1) is 0 Å². The van der Waals surface area contributed by atoms with E-state index in [0.717, 1.165) is 5.56 Å². The first-order chi connectivity index (χ1) is 11.6. The van der Waals surface area contributed by atoms with Gasteiger partial charge < -0.3 is 4.74 Å². The van der Waals surface area contributed by atoms with Crippen molar-refractivity contribution >= 4 is 17.6 Å². The number of rotatable bonds is 5. The van der Waals surface area contributed by atoms with Crippen LogP contribution in [0.3, 0.4) is 0 Å². The second kappa shape index (κ2) is 7.27. The highest BCUT2D eigenvalue weighted by molar-refractivity contribution is 6.31. The van der Waals surface area contributed by atoms with E-state index in [1.807, 2.05) is 24.4 Å². The molecule has 0 amide bonds. The van der Waals surface area contributed by atoms with Crippen molar-refractivity contribution in [2.75, 3.05) is 0 Å². The summed E-state index contributed by atoms with van der Waals surface area (Å²) < 4.78 is 20.0. The van der Waals surface area contributed by atoms with Crippen LogP contribution < -0.4 is 0 Å². The molecule has 0 unspecified atom stereocenters. The predicted molar refractivity (Wildman–Crippen MR) is 88.3 cm³/mol. The van der Waals surface area contributed by atoms with Gasteiger partial charge in [-0.1, -0.05) is 29.8 Å². The van der Waals surface area contributed by atoms with Gasteiger partial charge in [-0.05, 0) is 35.9 Å². The van der Waals surface area contributed by atoms with Crippen molar-refractivity contribution in [3.63, 3.8) is 0 Å². The first-order valence-electron chi connectivity index (χ1n) is 7.29. The smallest absolute Gasteiger partial charge is 0.338 e. The SMILES string of the molecule is O=C(OCc1ccc(F)cc1Cl)c1ccc(Cn2cccn2)cc1. The van der Waals surface area contributed by atoms with E-state index >= 15 is 0 Å². The van der Waals surface area contributed by atoms with Crippen LogP contribution in [0.4, 0.5) is 4.39 Å². The molecule has 0 saturated carbocycles. The Balaban J connectivity index is 1.60. The third kappa shape index (κ3) is 4.00. The van der Waals surface area contributed by atoms with Crippen LogP contribution in [0.15, 0.2) is 60.9 Å². The molecule has 3 aromatic rings. The Morgan fingerprint density at radius 2 is 2.00 bits per heavy atom. The van der Waals surface area contributed by atoms with Gasteiger partial charge in [0.25, 0.3) is 0 Å². The van der Waals surface area contributed by atoms with E-state index in [1.54, 1.807) is 23.0 Å². The molecule has 0 aliphatic carbocycles. The fraction of sp³-hybridized carbons (Fsp3) is 0.111. The zero-order valence-electron chi connectivity index (χ0n) is 12.7. The van der Waals surface area contributed by atoms with Gasteiger partial charge in [0.1, 0.15) is 12.4 Å². The monoisotopic (exact) mass is 344 g/mol. The second-order valence-corrected chi connectivity index (χ2v) is 5.62. The van der Waals surface area contributed by atoms with Crippen molar-refractivity contribution in [1.82, 2.24) is 9.78 Å². The summed E-state index contributed by atoms with van der Waals surface area (Å²) >= 11 is 5.91. The zero-order valence-corrected chi connectivity index (χ0v) is 13.4. The van der Waals surface area contributed by atoms with E-state index in [2.05, 4.69) is 5.10 Å². The van der Waals surface area contributed by atoms with Gasteiger partial charge in [0.05, 0.1) is 17.1 Å². The van der Waals surface area contributed by atoms with Crippen LogP contribution in [0.25, 0.3) is 0 Å². The molecule has 122 valence electrons. The molecule has 1 heterocycles. The van der Waals surface area contributed by atoms with E-state index in [0.29, 0.717) is 17.7 Å². The lowest BCUT2D eigenvalue weighted by atomic mass is 10.1. The van der Waals surface area contributed by atoms with Crippen LogP contribution >= 0.6 is 11.6 Å². The zero-order chi connectivity index (χ0) is 16.9. The van der Waals surface area contributed by atoms with Crippen molar-refractivity contribution in [2.24, 2.45) is 0 Å². The Kier molecular flexibility index (Phi) is 4.91. The normalized spacial score (nSPS) is 10.6. The number of esters is 1. The van der Waals surface area contributed by atoms with Crippen LogP contribution in [-0.2, 0) is 17.9 Å². The van der Waals surface area contributed by atoms with Gasteiger partial charge in [-0.25, -0.2) is 9.18 Å². The average molecular weight is 345 g/mol. The summed E-state index contributed by atoms with van der Waals surface area (Å²) in [5.41, 5.74) is 2.02. The minimum Gasteiger partial charge on any atom is -0.457 e. The van der Waals surface area contributed by atoms with Gasteiger partial charge in [0.15, 0.2) is 0 Å². The highest BCUT2D eigenvalue weighted by Gasteiger charge is 2.09. The molecule has 0 spiro atoms. The summed E-state index contributed by atoms with van der Waals surface area (Å²) in [6.07, 6.45) is 3.58. The molecule has 1 aromatic heterocycles. The lowest BCUT2D eigenvalue weighted by Gasteiger charge is -2.08. The maximum absolute atomic E-state index is 13.0. The predicted octanol–water partition coefficient (Wildman–Crippen LogP) is 4.08. The van der Waals surface area contributed by atoms with Crippen molar-refractivity contribution in [2.45, 2.75) is 13.2 Å². The first kappa shape index (κ1) is 16.2. The second-order valence-electron chi connectivity index (χ2n) is 5.21. The molecule has 0 saturated heterocycles. The largest absolute Gasteiger partial charge is 0.457 e. The molecule has 0 radical (unpaired) electrons. The van der Waals surface area contributed by atoms with Gasteiger partial charge >= 0.3 is 5.97 Å². The van der Waals surface area contributed by atoms with Crippen molar-refractivity contribution < 1.29 is 13.9 Å². The highest BCUT2D eigenvalue weighted by atomic mass is 35.5. The fourth-order valence-electron chi connectivity index (χ4n) is 2.19. The minimum absolute atomic E-state index is 0.00696. The summed E-state index contributed by atoms with van der Waals surface area (Å²) in [5.74, 6) is -0.885. The molecular weight excluding hydrogens is 331 g/mol. The lowest BCUT2D eigenvalue weighted by molar-refractivity contribution is 0.0473. The number of carbonyl (C=O) groups is 1. The Morgan fingerprint density at radius 3 is 2.67 bits per heavy atom. The maximum atomic E-state index is 13.0. The molecule has 24 heavy (non-hydrogen) atoms. The quantitative estimate of drug-likeness (QED) is 0.655. The molecule has 2 aromatic carbocycles. The molecule has 6 heteroatoms. The van der Waals surface area contributed by atoms with Crippen LogP contribution in [0.5, 0.6) is 0 Å². The van der Waals surface area contributed by atoms with Crippen LogP contribution in [-0.4, -0.2) is 15.7 Å². The molecule has 4 nitrogen and oxygen atoms in total. The number of hydrogen-bond acceptors (Lipinski definition) is 3. The number of ether oxygens (including phenoxy) is 1. The Bertz CT molecular complexity index is 833. The molecule has 0 atom stereocenters. The number of halogens is 2. The molecule has 0 fully saturated rings. The van der Waals surface area contributed by atoms with Crippen molar-refractivity contribution in [3.8, 4) is 0 Å². The summed E-state index contributed by atoms with van der Waals surface area (Å²) in [5, 5.41) is 4.37. The van der Waals surface area contributed by atoms with Gasteiger partial charge in [-0.2, -0.15) is 5.10 Å². The van der Waals surface area contributed by atoms with Crippen LogP contribution in [0.1, 0.15) is 21.5 Å². The molecular formula is C18H14ClFN2O2. The van der Waals surface area contributed by atoms with Gasteiger partial charge in [-0.3, -0.25) is 4.68 Å². The summed E-state index contributed by atoms with van der Waals surface area (Å²) in [6, 6.07) is 12.9. The molecule has 3 rings (SSSR count). The molecule has 0 N–H and O–H groups in total. The fourth-order valence-corrected chi connectivity index (χ4v) is 2.41. The first-order valence-corrected chi connectivity index (χ1v) is 7.67. The van der Waals surface area contributed by atoms with Crippen molar-refractivity contribution in [1.29, 1.82) is 0 Å². The summed E-state index contributed by atoms with van der Waals surface area (Å²) in [7, 11) is 0. The summed E-state index contributed by atoms with van der Waals surface area (Å²) in [6.45, 7) is 0.625. The van der Waals surface area contributed by atoms with E-state index in [4.69, 9.17) is 16.3 Å². The standard InChI is InChI=1S/C18H14ClFN2O2/c19-17-10-16(20)7-6-15(17)12-24-18(23)14-4-2-13(3-5-14)11-22-9-1-8-21-22/h1-10H,11-12H2. The van der Waals surface area contributed by atoms with Crippen LogP contribution in [0.2, 0.25) is 5.02 Å². The lowest BCUT2D eigenvalue weighted by Crippen LogP contribution is -2.06. The van der Waals surface area contributed by atoms with Gasteiger partial charge in [0, 0.05) is 18.0 Å². The number of benzene rings is 2. The number of aromatic nitrogens is 2. The molecule has 0 aliphatic heterocycles. The van der Waals surface area contributed by atoms with E-state index in [9.17, 15) is 9.18 Å². The average Bonchev–Trinajstić information content (AvgIpc) is 3.07. The van der Waals surface area contributed by atoms with E-state index < -0.39 is 11.8 Å². The number of hydrogen-bond donors (Lipinski definition) is 0. The molecule has 0 aliphatic rings. The Morgan fingerprint density at radius 1 is 1.21 bits per heavy atom. The topological polar surface area (TPSA) is 44.1 Å². The highest BCUT2D eigenvalue weighted by Crippen LogP contribution is 2.18. The minimum atomic E-state index is -0.457. The van der Waals surface area contributed by atoms with E-state index in [-0.39, 0.29) is 11.6 Å². The van der Waals surface area contributed by atoms with E-state index in [1.165, 1.54) is 18.2 Å². The third-order valence-corrected chi connectivity index (χ3v) is 3.82. The molecule has 0 bridgehead atoms. The van der Waals surface area contributed by atoms with Crippen molar-refractivity contribution in [3.05, 3.63) is 88.5 Å². The third-order valence-electron chi connectivity index (χ3n) is 3.47. The van der Waals surface area contributed by atoms with Crippen LogP contribution in [0, 0.1) is 5.82 Å². The maximum Gasteiger partial charge on any atom is 0.338 e. The Labute approximate surface area is 143 Å². The Hall–Kier alpha value is -2.66. The number of nitrogens with zero attached hydrogens (tertiary/aromatic N) is 2.